The number of anilines is 1. The van der Waals surface area contributed by atoms with E-state index in [1.165, 1.54) is 12.3 Å². The van der Waals surface area contributed by atoms with E-state index >= 15 is 0 Å². The summed E-state index contributed by atoms with van der Waals surface area (Å²) in [6.45, 7) is 0.465. The maximum atomic E-state index is 12.5. The molecule has 6 heteroatoms. The number of nitrogens with zero attached hydrogens (tertiary/aromatic N) is 1. The number of rotatable bonds is 1. The van der Waals surface area contributed by atoms with E-state index in [9.17, 15) is 13.2 Å². The van der Waals surface area contributed by atoms with Gasteiger partial charge in [-0.25, -0.2) is 4.98 Å². The van der Waals surface area contributed by atoms with Crippen molar-refractivity contribution in [2.24, 2.45) is 0 Å². The number of aromatic nitrogens is 1. The molecule has 1 aliphatic heterocycles. The fourth-order valence-electron chi connectivity index (χ4n) is 1.44. The highest BCUT2D eigenvalue weighted by molar-refractivity contribution is 5.65. The van der Waals surface area contributed by atoms with Crippen LogP contribution in [0.4, 0.5) is 18.9 Å². The average molecular weight is 230 g/mol. The van der Waals surface area contributed by atoms with E-state index in [0.717, 1.165) is 6.07 Å². The van der Waals surface area contributed by atoms with Crippen molar-refractivity contribution in [1.29, 1.82) is 0 Å². The van der Waals surface area contributed by atoms with Gasteiger partial charge in [0.1, 0.15) is 5.69 Å². The number of pyridine rings is 1. The van der Waals surface area contributed by atoms with Crippen molar-refractivity contribution in [3.8, 4) is 0 Å². The first-order valence-electron chi connectivity index (χ1n) is 4.62. The highest BCUT2D eigenvalue weighted by Crippen LogP contribution is 2.31. The highest BCUT2D eigenvalue weighted by atomic mass is 19.4. The Balaban J connectivity index is 2.44. The zero-order chi connectivity index (χ0) is 11.8. The van der Waals surface area contributed by atoms with Crippen LogP contribution in [0.2, 0.25) is 0 Å². The number of hydrogen-bond acceptors (Lipinski definition) is 3. The average Bonchev–Trinajstić information content (AvgIpc) is 2.68. The van der Waals surface area contributed by atoms with E-state index in [1.54, 1.807) is 0 Å². The van der Waals surface area contributed by atoms with Crippen LogP contribution in [0.1, 0.15) is 17.8 Å². The van der Waals surface area contributed by atoms with Gasteiger partial charge in [-0.1, -0.05) is 0 Å². The molecule has 0 amide bonds. The Labute approximate surface area is 89.7 Å². The first-order valence-corrected chi connectivity index (χ1v) is 4.62. The SMILES string of the molecule is Nc1cc(C2=COCC2)nc(C(F)(F)F)c1. The lowest BCUT2D eigenvalue weighted by atomic mass is 10.1. The van der Waals surface area contributed by atoms with E-state index in [2.05, 4.69) is 4.98 Å². The molecule has 0 saturated heterocycles. The Hall–Kier alpha value is -1.72. The van der Waals surface area contributed by atoms with Gasteiger partial charge in [-0.3, -0.25) is 0 Å². The standard InChI is InChI=1S/C10H9F3N2O/c11-10(12,13)9-4-7(14)3-8(15-9)6-1-2-16-5-6/h3-5H,1-2H2,(H2,14,15). The van der Waals surface area contributed by atoms with Gasteiger partial charge >= 0.3 is 6.18 Å². The molecule has 16 heavy (non-hydrogen) atoms. The van der Waals surface area contributed by atoms with E-state index in [-0.39, 0.29) is 11.4 Å². The topological polar surface area (TPSA) is 48.1 Å². The van der Waals surface area contributed by atoms with E-state index < -0.39 is 11.9 Å². The minimum absolute atomic E-state index is 0.0464. The van der Waals surface area contributed by atoms with Gasteiger partial charge in [-0.2, -0.15) is 13.2 Å². The lowest BCUT2D eigenvalue weighted by Crippen LogP contribution is -2.10. The molecule has 86 valence electrons. The largest absolute Gasteiger partial charge is 0.500 e. The van der Waals surface area contributed by atoms with Crippen molar-refractivity contribution in [3.63, 3.8) is 0 Å². The van der Waals surface area contributed by atoms with Gasteiger partial charge in [0.05, 0.1) is 18.6 Å². The third kappa shape index (κ3) is 2.10. The summed E-state index contributed by atoms with van der Waals surface area (Å²) < 4.78 is 42.4. The van der Waals surface area contributed by atoms with E-state index in [0.29, 0.717) is 18.6 Å². The molecule has 0 unspecified atom stereocenters. The molecule has 0 fully saturated rings. The van der Waals surface area contributed by atoms with Gasteiger partial charge in [0.15, 0.2) is 0 Å². The third-order valence-corrected chi connectivity index (χ3v) is 2.18. The third-order valence-electron chi connectivity index (χ3n) is 2.18. The molecule has 0 bridgehead atoms. The lowest BCUT2D eigenvalue weighted by molar-refractivity contribution is -0.141. The van der Waals surface area contributed by atoms with Crippen molar-refractivity contribution in [2.75, 3.05) is 12.3 Å². The monoisotopic (exact) mass is 230 g/mol. The van der Waals surface area contributed by atoms with Crippen molar-refractivity contribution >= 4 is 11.3 Å². The van der Waals surface area contributed by atoms with Crippen molar-refractivity contribution in [2.45, 2.75) is 12.6 Å². The maximum absolute atomic E-state index is 12.5. The minimum atomic E-state index is -4.48. The van der Waals surface area contributed by atoms with Gasteiger partial charge in [0.2, 0.25) is 0 Å². The lowest BCUT2D eigenvalue weighted by Gasteiger charge is -2.09. The number of nitrogens with two attached hydrogens (primary N) is 1. The van der Waals surface area contributed by atoms with Crippen LogP contribution in [0, 0.1) is 0 Å². The molecule has 0 aromatic carbocycles. The Bertz CT molecular complexity index is 440. The second-order valence-corrected chi connectivity index (χ2v) is 3.43. The number of nitrogen functional groups attached to an aromatic ring is 1. The smallest absolute Gasteiger partial charge is 0.433 e. The second-order valence-electron chi connectivity index (χ2n) is 3.43. The molecule has 0 saturated carbocycles. The van der Waals surface area contributed by atoms with Crippen LogP contribution < -0.4 is 5.73 Å². The molecule has 3 nitrogen and oxygen atoms in total. The summed E-state index contributed by atoms with van der Waals surface area (Å²) in [6, 6.07) is 2.23. The summed E-state index contributed by atoms with van der Waals surface area (Å²) in [5.41, 5.74) is 5.35. The maximum Gasteiger partial charge on any atom is 0.433 e. The molecule has 0 spiro atoms. The Kier molecular flexibility index (Phi) is 2.49. The zero-order valence-electron chi connectivity index (χ0n) is 8.21. The number of hydrogen-bond donors (Lipinski definition) is 1. The molecule has 2 rings (SSSR count). The van der Waals surface area contributed by atoms with Crippen LogP contribution in [-0.2, 0) is 10.9 Å². The predicted molar refractivity (Wildman–Crippen MR) is 52.2 cm³/mol. The van der Waals surface area contributed by atoms with Crippen LogP contribution in [0.15, 0.2) is 18.4 Å². The van der Waals surface area contributed by atoms with Gasteiger partial charge in [-0.15, -0.1) is 0 Å². The van der Waals surface area contributed by atoms with Gasteiger partial charge in [-0.05, 0) is 12.1 Å². The first-order chi connectivity index (χ1) is 7.47. The Morgan fingerprint density at radius 3 is 2.62 bits per heavy atom. The van der Waals surface area contributed by atoms with Gasteiger partial charge in [0, 0.05) is 17.7 Å². The van der Waals surface area contributed by atoms with Gasteiger partial charge in [0.25, 0.3) is 0 Å². The summed E-state index contributed by atoms with van der Waals surface area (Å²) >= 11 is 0. The molecule has 1 aromatic rings. The zero-order valence-corrected chi connectivity index (χ0v) is 8.21. The first kappa shape index (κ1) is 10.8. The molecule has 2 heterocycles. The predicted octanol–water partition coefficient (Wildman–Crippen LogP) is 2.44. The van der Waals surface area contributed by atoms with Crippen LogP contribution in [0.5, 0.6) is 0 Å². The Morgan fingerprint density at radius 2 is 2.06 bits per heavy atom. The molecular formula is C10H9F3N2O. The summed E-state index contributed by atoms with van der Waals surface area (Å²) in [5.74, 6) is 0. The molecule has 0 atom stereocenters. The highest BCUT2D eigenvalue weighted by Gasteiger charge is 2.33. The van der Waals surface area contributed by atoms with Crippen molar-refractivity contribution in [3.05, 3.63) is 29.8 Å². The number of halogens is 3. The Morgan fingerprint density at radius 1 is 1.31 bits per heavy atom. The minimum Gasteiger partial charge on any atom is -0.500 e. The van der Waals surface area contributed by atoms with Crippen LogP contribution in [0.25, 0.3) is 5.57 Å². The second kappa shape index (κ2) is 3.70. The van der Waals surface area contributed by atoms with Crippen molar-refractivity contribution in [1.82, 2.24) is 4.98 Å². The summed E-state index contributed by atoms with van der Waals surface area (Å²) in [5, 5.41) is 0. The van der Waals surface area contributed by atoms with Gasteiger partial charge < -0.3 is 10.5 Å². The van der Waals surface area contributed by atoms with E-state index in [1.807, 2.05) is 0 Å². The fourth-order valence-corrected chi connectivity index (χ4v) is 1.44. The molecule has 1 aliphatic rings. The van der Waals surface area contributed by atoms with Crippen LogP contribution in [-0.4, -0.2) is 11.6 Å². The summed E-state index contributed by atoms with van der Waals surface area (Å²) in [6.07, 6.45) is -2.51. The number of ether oxygens (including phenoxy) is 1. The molecule has 0 radical (unpaired) electrons. The normalized spacial score (nSPS) is 15.8. The van der Waals surface area contributed by atoms with E-state index in [4.69, 9.17) is 10.5 Å². The van der Waals surface area contributed by atoms with Crippen LogP contribution in [0.3, 0.4) is 0 Å². The fraction of sp³-hybridized carbons (Fsp3) is 0.300. The summed E-state index contributed by atoms with van der Waals surface area (Å²) in [7, 11) is 0. The number of alkyl halides is 3. The molecule has 0 aliphatic carbocycles. The molecule has 2 N–H and O–H groups in total. The summed E-state index contributed by atoms with van der Waals surface area (Å²) in [4.78, 5) is 3.53. The molecule has 1 aromatic heterocycles. The van der Waals surface area contributed by atoms with Crippen molar-refractivity contribution < 1.29 is 17.9 Å². The molecular weight excluding hydrogens is 221 g/mol. The quantitative estimate of drug-likeness (QED) is 0.806. The van der Waals surface area contributed by atoms with Crippen LogP contribution >= 0.6 is 0 Å².